The van der Waals surface area contributed by atoms with E-state index in [0.717, 1.165) is 10.0 Å². The summed E-state index contributed by atoms with van der Waals surface area (Å²) in [5.41, 5.74) is 1.56. The zero-order valence-electron chi connectivity index (χ0n) is 18.8. The van der Waals surface area contributed by atoms with E-state index in [1.54, 1.807) is 0 Å². The molecule has 0 radical (unpaired) electrons. The van der Waals surface area contributed by atoms with Crippen LogP contribution in [0.4, 0.5) is 0 Å². The van der Waals surface area contributed by atoms with E-state index in [9.17, 15) is 4.79 Å². The molecule has 0 saturated carbocycles. The van der Waals surface area contributed by atoms with Crippen LogP contribution in [0.15, 0.2) is 83.4 Å². The first-order valence-electron chi connectivity index (χ1n) is 10.8. The van der Waals surface area contributed by atoms with Gasteiger partial charge in [-0.25, -0.2) is 0 Å². The third kappa shape index (κ3) is 6.56. The number of allylic oxidation sites excluding steroid dienone is 1. The van der Waals surface area contributed by atoms with Gasteiger partial charge in [-0.1, -0.05) is 88.4 Å². The zero-order valence-corrected chi connectivity index (χ0v) is 20.4. The average molecular weight is 489 g/mol. The van der Waals surface area contributed by atoms with Gasteiger partial charge in [-0.2, -0.15) is 0 Å². The maximum atomic E-state index is 12.5. The fraction of sp³-hybridized carbons (Fsp3) is 0.250. The van der Waals surface area contributed by atoms with Gasteiger partial charge in [0.1, 0.15) is 5.41 Å². The number of hydrogen-bond donors (Lipinski definition) is 2. The van der Waals surface area contributed by atoms with E-state index >= 15 is 0 Å². The molecule has 0 aliphatic carbocycles. The van der Waals surface area contributed by atoms with E-state index in [1.165, 1.54) is 16.3 Å². The van der Waals surface area contributed by atoms with Crippen molar-refractivity contribution in [2.24, 2.45) is 5.41 Å². The third-order valence-corrected chi connectivity index (χ3v) is 5.82. The van der Waals surface area contributed by atoms with Gasteiger partial charge in [0.05, 0.1) is 0 Å². The van der Waals surface area contributed by atoms with Crippen LogP contribution >= 0.6 is 15.9 Å². The first kappa shape index (κ1) is 23.8. The number of benzene rings is 3. The molecule has 0 spiro atoms. The number of carbonyl (C=O) groups is 1. The molecule has 1 amide bonds. The topological polar surface area (TPSA) is 41.1 Å². The van der Waals surface area contributed by atoms with Crippen LogP contribution < -0.4 is 10.6 Å². The molecule has 0 bridgehead atoms. The molecule has 3 aromatic rings. The number of rotatable bonds is 7. The lowest BCUT2D eigenvalue weighted by Crippen LogP contribution is -2.35. The second-order valence-corrected chi connectivity index (χ2v) is 9.22. The molecule has 1 atom stereocenters. The Morgan fingerprint density at radius 2 is 1.84 bits per heavy atom. The van der Waals surface area contributed by atoms with Gasteiger partial charge < -0.3 is 10.6 Å². The minimum absolute atomic E-state index is 0.0823. The Kier molecular flexibility index (Phi) is 8.27. The highest BCUT2D eigenvalue weighted by atomic mass is 79.9. The van der Waals surface area contributed by atoms with Crippen LogP contribution in [0.1, 0.15) is 37.9 Å². The van der Waals surface area contributed by atoms with Crippen molar-refractivity contribution >= 4 is 32.6 Å². The number of fused-ring (bicyclic) bond motifs is 1. The summed E-state index contributed by atoms with van der Waals surface area (Å²) in [6.07, 6.45) is 3.80. The summed E-state index contributed by atoms with van der Waals surface area (Å²) in [7, 11) is 0. The second kappa shape index (κ2) is 11.1. The Morgan fingerprint density at radius 3 is 2.66 bits per heavy atom. The van der Waals surface area contributed by atoms with Crippen molar-refractivity contribution in [2.75, 3.05) is 6.54 Å². The number of carbonyl (C=O) groups excluding carboxylic acids is 1. The second-order valence-electron chi connectivity index (χ2n) is 8.31. The molecule has 2 N–H and O–H groups in total. The largest absolute Gasteiger partial charge is 0.351 e. The molecule has 164 valence electrons. The van der Waals surface area contributed by atoms with Crippen molar-refractivity contribution in [3.63, 3.8) is 0 Å². The maximum Gasteiger partial charge on any atom is 0.237 e. The number of halogens is 1. The van der Waals surface area contributed by atoms with Gasteiger partial charge >= 0.3 is 0 Å². The van der Waals surface area contributed by atoms with E-state index in [2.05, 4.69) is 87.8 Å². The SMILES string of the molecule is C[C@@H](NCC=CC#CC(C)(C)C(=O)NCc1cccc(Br)c1)c1cccc2ccccc12. The average Bonchev–Trinajstić information content (AvgIpc) is 2.79. The molecule has 0 aromatic heterocycles. The van der Waals surface area contributed by atoms with Crippen LogP contribution in [-0.2, 0) is 11.3 Å². The lowest BCUT2D eigenvalue weighted by molar-refractivity contribution is -0.126. The minimum Gasteiger partial charge on any atom is -0.351 e. The van der Waals surface area contributed by atoms with Gasteiger partial charge in [-0.3, -0.25) is 4.79 Å². The Hall–Kier alpha value is -2.87. The number of amides is 1. The van der Waals surface area contributed by atoms with Crippen molar-refractivity contribution in [2.45, 2.75) is 33.4 Å². The van der Waals surface area contributed by atoms with Gasteiger partial charge in [0.15, 0.2) is 0 Å². The highest BCUT2D eigenvalue weighted by Crippen LogP contribution is 2.23. The summed E-state index contributed by atoms with van der Waals surface area (Å²) in [5.74, 6) is 6.00. The molecule has 3 rings (SSSR count). The van der Waals surface area contributed by atoms with E-state index < -0.39 is 5.41 Å². The first-order valence-corrected chi connectivity index (χ1v) is 11.6. The zero-order chi connectivity index (χ0) is 23.0. The molecule has 0 heterocycles. The highest BCUT2D eigenvalue weighted by molar-refractivity contribution is 9.10. The molecule has 0 saturated heterocycles. The minimum atomic E-state index is -0.764. The fourth-order valence-electron chi connectivity index (χ4n) is 3.43. The van der Waals surface area contributed by atoms with Crippen molar-refractivity contribution in [3.05, 3.63) is 94.5 Å². The van der Waals surface area contributed by atoms with E-state index in [0.29, 0.717) is 13.1 Å². The van der Waals surface area contributed by atoms with Gasteiger partial charge in [-0.15, -0.1) is 0 Å². The van der Waals surface area contributed by atoms with Gasteiger partial charge in [0.2, 0.25) is 5.91 Å². The molecular formula is C28H29BrN2O. The molecule has 3 aromatic carbocycles. The van der Waals surface area contributed by atoms with Gasteiger partial charge in [-0.05, 0) is 60.9 Å². The summed E-state index contributed by atoms with van der Waals surface area (Å²) >= 11 is 3.45. The van der Waals surface area contributed by atoms with Gasteiger partial charge in [0.25, 0.3) is 0 Å². The summed E-state index contributed by atoms with van der Waals surface area (Å²) in [6, 6.07) is 23.0. The van der Waals surface area contributed by atoms with Crippen LogP contribution in [-0.4, -0.2) is 12.5 Å². The van der Waals surface area contributed by atoms with Crippen LogP contribution in [0.25, 0.3) is 10.8 Å². The van der Waals surface area contributed by atoms with Crippen LogP contribution in [0.5, 0.6) is 0 Å². The van der Waals surface area contributed by atoms with Crippen LogP contribution in [0.2, 0.25) is 0 Å². The first-order chi connectivity index (χ1) is 15.4. The molecule has 0 aliphatic heterocycles. The van der Waals surface area contributed by atoms with Crippen molar-refractivity contribution in [1.29, 1.82) is 0 Å². The fourth-order valence-corrected chi connectivity index (χ4v) is 3.88. The monoisotopic (exact) mass is 488 g/mol. The van der Waals surface area contributed by atoms with Crippen molar-refractivity contribution in [1.82, 2.24) is 10.6 Å². The number of hydrogen-bond acceptors (Lipinski definition) is 2. The Labute approximate surface area is 199 Å². The third-order valence-electron chi connectivity index (χ3n) is 5.33. The number of nitrogens with one attached hydrogen (secondary N) is 2. The van der Waals surface area contributed by atoms with Crippen LogP contribution in [0, 0.1) is 17.3 Å². The predicted octanol–water partition coefficient (Wildman–Crippen LogP) is 6.16. The van der Waals surface area contributed by atoms with E-state index in [1.807, 2.05) is 50.3 Å². The molecule has 0 aliphatic rings. The molecule has 0 fully saturated rings. The Morgan fingerprint density at radius 1 is 1.09 bits per heavy atom. The summed E-state index contributed by atoms with van der Waals surface area (Å²) in [4.78, 5) is 12.5. The van der Waals surface area contributed by atoms with E-state index in [4.69, 9.17) is 0 Å². The highest BCUT2D eigenvalue weighted by Gasteiger charge is 2.24. The van der Waals surface area contributed by atoms with Crippen molar-refractivity contribution < 1.29 is 4.79 Å². The van der Waals surface area contributed by atoms with Crippen molar-refractivity contribution in [3.8, 4) is 11.8 Å². The summed E-state index contributed by atoms with van der Waals surface area (Å²) < 4.78 is 0.997. The van der Waals surface area contributed by atoms with Crippen LogP contribution in [0.3, 0.4) is 0 Å². The molecule has 3 nitrogen and oxygen atoms in total. The summed E-state index contributed by atoms with van der Waals surface area (Å²) in [6.45, 7) is 7.03. The molecule has 0 unspecified atom stereocenters. The lowest BCUT2D eigenvalue weighted by atomic mass is 9.93. The molecule has 32 heavy (non-hydrogen) atoms. The normalized spacial score (nSPS) is 12.4. The summed E-state index contributed by atoms with van der Waals surface area (Å²) in [5, 5.41) is 9.01. The van der Waals surface area contributed by atoms with Gasteiger partial charge in [0, 0.05) is 23.6 Å². The predicted molar refractivity (Wildman–Crippen MR) is 137 cm³/mol. The maximum absolute atomic E-state index is 12.5. The molecular weight excluding hydrogens is 460 g/mol. The quantitative estimate of drug-likeness (QED) is 0.391. The standard InChI is InChI=1S/C28H29BrN2O/c1-21(25-16-10-13-23-12-5-6-15-26(23)25)30-18-8-4-7-17-28(2,3)27(32)31-20-22-11-9-14-24(29)19-22/h4-6,8-16,19,21,30H,18,20H2,1-3H3,(H,31,32)/t21-/m1/s1. The Balaban J connectivity index is 1.50. The smallest absolute Gasteiger partial charge is 0.237 e. The Bertz CT molecular complexity index is 1170. The molecule has 4 heteroatoms. The van der Waals surface area contributed by atoms with E-state index in [-0.39, 0.29) is 11.9 Å². The lowest BCUT2D eigenvalue weighted by Gasteiger charge is -2.17.